The fourth-order valence-electron chi connectivity index (χ4n) is 4.25. The maximum absolute atomic E-state index is 12.8. The van der Waals surface area contributed by atoms with Crippen LogP contribution in [0, 0.1) is 17.2 Å². The normalized spacial score (nSPS) is 25.7. The molecule has 25 heavy (non-hydrogen) atoms. The van der Waals surface area contributed by atoms with Gasteiger partial charge in [0.25, 0.3) is 5.91 Å². The highest BCUT2D eigenvalue weighted by molar-refractivity contribution is 5.94. The quantitative estimate of drug-likeness (QED) is 0.898. The summed E-state index contributed by atoms with van der Waals surface area (Å²) < 4.78 is 0. The molecule has 2 saturated heterocycles. The number of likely N-dealkylation sites (N-methyl/N-ethyl adjacent to an activating group) is 1. The Bertz CT molecular complexity index is 707. The van der Waals surface area contributed by atoms with Crippen LogP contribution in [0.1, 0.15) is 36.2 Å². The molecule has 3 rings (SSSR count). The molecule has 1 aromatic rings. The summed E-state index contributed by atoms with van der Waals surface area (Å²) in [5.41, 5.74) is 1.16. The first kappa shape index (κ1) is 17.4. The van der Waals surface area contributed by atoms with Gasteiger partial charge >= 0.3 is 0 Å². The Morgan fingerprint density at radius 3 is 2.48 bits per heavy atom. The number of carbonyl (C=O) groups excluding carboxylic acids is 2. The molecule has 1 aromatic carbocycles. The zero-order valence-electron chi connectivity index (χ0n) is 14.9. The average molecular weight is 340 g/mol. The molecule has 1 N–H and O–H groups in total. The molecule has 2 fully saturated rings. The van der Waals surface area contributed by atoms with Gasteiger partial charge in [-0.1, -0.05) is 0 Å². The van der Waals surface area contributed by atoms with Gasteiger partial charge in [0.15, 0.2) is 0 Å². The Hall–Kier alpha value is -2.39. The number of nitrogens with zero attached hydrogens (tertiary/aromatic N) is 3. The standard InChI is InChI=1S/C19H24N4O2/c1-12(2)23-16(18(24)21-3)8-15-10-22(11-17(15)23)19(25)14-6-4-13(9-20)5-7-14/h4-7,12,15-17H,8,10-11H2,1-3H3,(H,21,24)/t15-,16-,17+/m0/s1. The SMILES string of the molecule is CNC(=O)[C@@H]1C[C@H]2CN(C(=O)c3ccc(C#N)cc3)C[C@H]2N1C(C)C. The second-order valence-corrected chi connectivity index (χ2v) is 7.13. The van der Waals surface area contributed by atoms with Crippen molar-refractivity contribution in [3.8, 4) is 6.07 Å². The Labute approximate surface area is 148 Å². The molecule has 0 spiro atoms. The molecule has 0 bridgehead atoms. The first-order valence-corrected chi connectivity index (χ1v) is 8.74. The minimum Gasteiger partial charge on any atom is -0.358 e. The summed E-state index contributed by atoms with van der Waals surface area (Å²) in [6, 6.07) is 9.21. The number of hydrogen-bond acceptors (Lipinski definition) is 4. The second-order valence-electron chi connectivity index (χ2n) is 7.13. The Balaban J connectivity index is 1.74. The fraction of sp³-hybridized carbons (Fsp3) is 0.526. The van der Waals surface area contributed by atoms with Crippen molar-refractivity contribution in [3.05, 3.63) is 35.4 Å². The molecule has 2 aliphatic heterocycles. The lowest BCUT2D eigenvalue weighted by molar-refractivity contribution is -0.126. The largest absolute Gasteiger partial charge is 0.358 e. The molecule has 3 atom stereocenters. The topological polar surface area (TPSA) is 76.4 Å². The van der Waals surface area contributed by atoms with Crippen molar-refractivity contribution in [1.82, 2.24) is 15.1 Å². The van der Waals surface area contributed by atoms with Crippen molar-refractivity contribution >= 4 is 11.8 Å². The molecule has 6 heteroatoms. The van der Waals surface area contributed by atoms with Gasteiger partial charge in [-0.2, -0.15) is 5.26 Å². The predicted octanol–water partition coefficient (Wildman–Crippen LogP) is 1.23. The molecule has 6 nitrogen and oxygen atoms in total. The van der Waals surface area contributed by atoms with E-state index in [1.165, 1.54) is 0 Å². The van der Waals surface area contributed by atoms with Crippen molar-refractivity contribution in [2.24, 2.45) is 5.92 Å². The van der Waals surface area contributed by atoms with Gasteiger partial charge in [0, 0.05) is 37.8 Å². The highest BCUT2D eigenvalue weighted by atomic mass is 16.2. The third-order valence-electron chi connectivity index (χ3n) is 5.37. The number of hydrogen-bond donors (Lipinski definition) is 1. The molecule has 132 valence electrons. The molecule has 2 amide bonds. The second kappa shape index (κ2) is 6.85. The Morgan fingerprint density at radius 1 is 1.24 bits per heavy atom. The molecule has 0 unspecified atom stereocenters. The minimum absolute atomic E-state index is 0.000844. The van der Waals surface area contributed by atoms with E-state index in [0.717, 1.165) is 6.42 Å². The summed E-state index contributed by atoms with van der Waals surface area (Å²) in [6.45, 7) is 5.53. The van der Waals surface area contributed by atoms with Crippen LogP contribution in [0.15, 0.2) is 24.3 Å². The van der Waals surface area contributed by atoms with Crippen LogP contribution in [0.3, 0.4) is 0 Å². The van der Waals surface area contributed by atoms with Crippen LogP contribution in [0.25, 0.3) is 0 Å². The number of carbonyl (C=O) groups is 2. The van der Waals surface area contributed by atoms with Crippen molar-refractivity contribution in [1.29, 1.82) is 5.26 Å². The summed E-state index contributed by atoms with van der Waals surface area (Å²) in [4.78, 5) is 29.1. The maximum Gasteiger partial charge on any atom is 0.253 e. The number of amides is 2. The predicted molar refractivity (Wildman–Crippen MR) is 93.8 cm³/mol. The Kier molecular flexibility index (Phi) is 4.78. The first-order chi connectivity index (χ1) is 12.0. The molecule has 0 aliphatic carbocycles. The first-order valence-electron chi connectivity index (χ1n) is 8.74. The number of likely N-dealkylation sites (tertiary alicyclic amines) is 2. The Morgan fingerprint density at radius 2 is 1.92 bits per heavy atom. The van der Waals surface area contributed by atoms with Crippen LogP contribution in [0.2, 0.25) is 0 Å². The van der Waals surface area contributed by atoms with Gasteiger partial charge in [-0.05, 0) is 50.5 Å². The van der Waals surface area contributed by atoms with Crippen molar-refractivity contribution < 1.29 is 9.59 Å². The monoisotopic (exact) mass is 340 g/mol. The van der Waals surface area contributed by atoms with Gasteiger partial charge in [0.05, 0.1) is 17.7 Å². The van der Waals surface area contributed by atoms with Gasteiger partial charge in [0.1, 0.15) is 0 Å². The van der Waals surface area contributed by atoms with E-state index in [4.69, 9.17) is 5.26 Å². The third kappa shape index (κ3) is 3.12. The van der Waals surface area contributed by atoms with Crippen molar-refractivity contribution in [3.63, 3.8) is 0 Å². The summed E-state index contributed by atoms with van der Waals surface area (Å²) in [6.07, 6.45) is 0.791. The van der Waals surface area contributed by atoms with Crippen LogP contribution >= 0.6 is 0 Å². The van der Waals surface area contributed by atoms with Crippen LogP contribution < -0.4 is 5.32 Å². The lowest BCUT2D eigenvalue weighted by atomic mass is 10.0. The summed E-state index contributed by atoms with van der Waals surface area (Å²) in [5, 5.41) is 11.6. The number of nitrogens with one attached hydrogen (secondary N) is 1. The van der Waals surface area contributed by atoms with E-state index < -0.39 is 0 Å². The molecule has 0 saturated carbocycles. The lowest BCUT2D eigenvalue weighted by Crippen LogP contribution is -2.50. The van der Waals surface area contributed by atoms with E-state index in [1.807, 2.05) is 4.90 Å². The molecule has 2 heterocycles. The zero-order valence-corrected chi connectivity index (χ0v) is 14.9. The van der Waals surface area contributed by atoms with Crippen LogP contribution in [-0.4, -0.2) is 59.9 Å². The highest BCUT2D eigenvalue weighted by Gasteiger charge is 2.50. The molecule has 0 radical (unpaired) electrons. The summed E-state index contributed by atoms with van der Waals surface area (Å²) in [7, 11) is 1.68. The number of nitriles is 1. The van der Waals surface area contributed by atoms with Crippen LogP contribution in [-0.2, 0) is 4.79 Å². The van der Waals surface area contributed by atoms with Gasteiger partial charge < -0.3 is 10.2 Å². The summed E-state index contributed by atoms with van der Waals surface area (Å²) >= 11 is 0. The third-order valence-corrected chi connectivity index (χ3v) is 5.37. The molecular weight excluding hydrogens is 316 g/mol. The average Bonchev–Trinajstić information content (AvgIpc) is 3.17. The number of fused-ring (bicyclic) bond motifs is 1. The van der Waals surface area contributed by atoms with Gasteiger partial charge in [-0.25, -0.2) is 0 Å². The minimum atomic E-state index is -0.104. The van der Waals surface area contributed by atoms with E-state index in [0.29, 0.717) is 30.1 Å². The van der Waals surface area contributed by atoms with Crippen LogP contribution in [0.4, 0.5) is 0 Å². The number of rotatable bonds is 3. The van der Waals surface area contributed by atoms with Gasteiger partial charge in [0.2, 0.25) is 5.91 Å². The molecule has 0 aromatic heterocycles. The smallest absolute Gasteiger partial charge is 0.253 e. The van der Waals surface area contributed by atoms with E-state index in [-0.39, 0.29) is 29.9 Å². The molecule has 2 aliphatic rings. The van der Waals surface area contributed by atoms with Gasteiger partial charge in [-0.15, -0.1) is 0 Å². The van der Waals surface area contributed by atoms with E-state index in [1.54, 1.807) is 31.3 Å². The fourth-order valence-corrected chi connectivity index (χ4v) is 4.25. The highest BCUT2D eigenvalue weighted by Crippen LogP contribution is 2.37. The lowest BCUT2D eigenvalue weighted by Gasteiger charge is -2.33. The van der Waals surface area contributed by atoms with E-state index in [2.05, 4.69) is 30.1 Å². The zero-order chi connectivity index (χ0) is 18.1. The summed E-state index contributed by atoms with van der Waals surface area (Å²) in [5.74, 6) is 0.388. The number of benzene rings is 1. The maximum atomic E-state index is 12.8. The van der Waals surface area contributed by atoms with Crippen molar-refractivity contribution in [2.75, 3.05) is 20.1 Å². The van der Waals surface area contributed by atoms with E-state index >= 15 is 0 Å². The van der Waals surface area contributed by atoms with Crippen molar-refractivity contribution in [2.45, 2.75) is 38.4 Å². The van der Waals surface area contributed by atoms with Gasteiger partial charge in [-0.3, -0.25) is 14.5 Å². The van der Waals surface area contributed by atoms with E-state index in [9.17, 15) is 9.59 Å². The molecular formula is C19H24N4O2. The van der Waals surface area contributed by atoms with Crippen LogP contribution in [0.5, 0.6) is 0 Å².